The number of carboxylic acid groups (broad SMARTS) is 1. The van der Waals surface area contributed by atoms with E-state index < -0.39 is 5.97 Å². The molecule has 0 saturated carbocycles. The van der Waals surface area contributed by atoms with Crippen LogP contribution >= 0.6 is 0 Å². The van der Waals surface area contributed by atoms with Gasteiger partial charge in [-0.15, -0.1) is 0 Å². The first-order valence-electron chi connectivity index (χ1n) is 7.11. The lowest BCUT2D eigenvalue weighted by atomic mass is 10.0. The van der Waals surface area contributed by atoms with Crippen molar-refractivity contribution in [2.45, 2.75) is 39.8 Å². The zero-order valence-electron chi connectivity index (χ0n) is 12.0. The largest absolute Gasteiger partial charge is 0.481 e. The number of aromatic nitrogens is 1. The van der Waals surface area contributed by atoms with E-state index in [9.17, 15) is 4.79 Å². The molecule has 4 heteroatoms. The molecule has 0 saturated heterocycles. The topological polar surface area (TPSA) is 54.3 Å². The van der Waals surface area contributed by atoms with E-state index in [0.29, 0.717) is 6.42 Å². The minimum Gasteiger partial charge on any atom is -0.481 e. The molecule has 0 unspecified atom stereocenters. The molecule has 1 aromatic heterocycles. The van der Waals surface area contributed by atoms with E-state index in [0.717, 1.165) is 19.6 Å². The van der Waals surface area contributed by atoms with E-state index in [1.807, 2.05) is 0 Å². The van der Waals surface area contributed by atoms with Gasteiger partial charge in [-0.25, -0.2) is 0 Å². The number of nitrogens with zero attached hydrogens (tertiary/aromatic N) is 1. The van der Waals surface area contributed by atoms with Gasteiger partial charge in [-0.2, -0.15) is 0 Å². The van der Waals surface area contributed by atoms with Gasteiger partial charge in [0.15, 0.2) is 0 Å². The first-order chi connectivity index (χ1) is 9.58. The molecule has 0 aliphatic carbocycles. The Labute approximate surface area is 118 Å². The van der Waals surface area contributed by atoms with Gasteiger partial charge < -0.3 is 15.0 Å². The van der Waals surface area contributed by atoms with Crippen molar-refractivity contribution in [3.05, 3.63) is 34.5 Å². The summed E-state index contributed by atoms with van der Waals surface area (Å²) >= 11 is 0. The Hall–Kier alpha value is -1.81. The summed E-state index contributed by atoms with van der Waals surface area (Å²) in [5.74, 6) is -0.730. The molecule has 0 amide bonds. The Bertz CT molecular complexity index is 686. The average Bonchev–Trinajstić information content (AvgIpc) is 2.70. The fourth-order valence-corrected chi connectivity index (χ4v) is 3.36. The standard InChI is InChI=1S/C16H20N2O2/c1-10-7-11(2)16-13(8-10)12(3-4-15(19)20)14-9-17-5-6-18(14)16/h7-8,17H,3-6,9H2,1-2H3,(H,19,20). The average molecular weight is 272 g/mol. The van der Waals surface area contributed by atoms with E-state index >= 15 is 0 Å². The van der Waals surface area contributed by atoms with Gasteiger partial charge in [0.25, 0.3) is 0 Å². The summed E-state index contributed by atoms with van der Waals surface area (Å²) in [7, 11) is 0. The molecular weight excluding hydrogens is 252 g/mol. The fourth-order valence-electron chi connectivity index (χ4n) is 3.36. The predicted molar refractivity (Wildman–Crippen MR) is 79.1 cm³/mol. The van der Waals surface area contributed by atoms with Crippen LogP contribution in [0.15, 0.2) is 12.1 Å². The smallest absolute Gasteiger partial charge is 0.303 e. The monoisotopic (exact) mass is 272 g/mol. The van der Waals surface area contributed by atoms with Crippen molar-refractivity contribution in [3.8, 4) is 0 Å². The normalized spacial score (nSPS) is 14.5. The summed E-state index contributed by atoms with van der Waals surface area (Å²) in [5.41, 5.74) is 6.28. The number of rotatable bonds is 3. The number of hydrogen-bond donors (Lipinski definition) is 2. The van der Waals surface area contributed by atoms with Crippen molar-refractivity contribution >= 4 is 16.9 Å². The number of hydrogen-bond acceptors (Lipinski definition) is 2. The van der Waals surface area contributed by atoms with E-state index in [4.69, 9.17) is 5.11 Å². The molecule has 1 aromatic carbocycles. The molecule has 106 valence electrons. The number of nitrogens with one attached hydrogen (secondary N) is 1. The van der Waals surface area contributed by atoms with Crippen LogP contribution in [0, 0.1) is 13.8 Å². The van der Waals surface area contributed by atoms with Gasteiger partial charge in [0.2, 0.25) is 0 Å². The second-order valence-electron chi connectivity index (χ2n) is 5.63. The molecule has 20 heavy (non-hydrogen) atoms. The van der Waals surface area contributed by atoms with Crippen LogP contribution in [0.4, 0.5) is 0 Å². The molecule has 1 aliphatic heterocycles. The molecule has 0 bridgehead atoms. The fraction of sp³-hybridized carbons (Fsp3) is 0.438. The number of carbonyl (C=O) groups is 1. The third kappa shape index (κ3) is 2.10. The van der Waals surface area contributed by atoms with Crippen molar-refractivity contribution in [1.29, 1.82) is 0 Å². The highest BCUT2D eigenvalue weighted by molar-refractivity contribution is 5.89. The van der Waals surface area contributed by atoms with Crippen molar-refractivity contribution in [1.82, 2.24) is 9.88 Å². The number of carboxylic acids is 1. The molecule has 0 fully saturated rings. The number of aryl methyl sites for hydroxylation is 3. The Balaban J connectivity index is 2.22. The Morgan fingerprint density at radius 1 is 1.40 bits per heavy atom. The maximum atomic E-state index is 10.9. The van der Waals surface area contributed by atoms with Gasteiger partial charge in [0.05, 0.1) is 5.52 Å². The lowest BCUT2D eigenvalue weighted by molar-refractivity contribution is -0.136. The zero-order valence-corrected chi connectivity index (χ0v) is 12.0. The van der Waals surface area contributed by atoms with Crippen LogP contribution in [-0.4, -0.2) is 22.2 Å². The molecule has 0 radical (unpaired) electrons. The molecule has 2 heterocycles. The SMILES string of the molecule is Cc1cc(C)c2c(c1)c(CCC(=O)O)c1n2CCNC1. The van der Waals surface area contributed by atoms with Crippen LogP contribution in [0.2, 0.25) is 0 Å². The predicted octanol–water partition coefficient (Wildman–Crippen LogP) is 2.38. The van der Waals surface area contributed by atoms with E-state index in [1.54, 1.807) is 0 Å². The number of fused-ring (bicyclic) bond motifs is 3. The third-order valence-electron chi connectivity index (χ3n) is 4.11. The first kappa shape index (κ1) is 13.2. The van der Waals surface area contributed by atoms with Crippen LogP contribution in [0.5, 0.6) is 0 Å². The van der Waals surface area contributed by atoms with Gasteiger partial charge in [0, 0.05) is 37.1 Å². The molecule has 4 nitrogen and oxygen atoms in total. The number of benzene rings is 1. The lowest BCUT2D eigenvalue weighted by Gasteiger charge is -2.19. The zero-order chi connectivity index (χ0) is 14.3. The highest BCUT2D eigenvalue weighted by Gasteiger charge is 2.21. The highest BCUT2D eigenvalue weighted by Crippen LogP contribution is 2.32. The van der Waals surface area contributed by atoms with Crippen LogP contribution < -0.4 is 5.32 Å². The van der Waals surface area contributed by atoms with Crippen molar-refractivity contribution in [3.63, 3.8) is 0 Å². The Morgan fingerprint density at radius 3 is 2.95 bits per heavy atom. The molecule has 0 atom stereocenters. The molecule has 2 N–H and O–H groups in total. The molecule has 1 aliphatic rings. The molecule has 0 spiro atoms. The summed E-state index contributed by atoms with van der Waals surface area (Å²) in [6, 6.07) is 4.41. The maximum Gasteiger partial charge on any atom is 0.303 e. The van der Waals surface area contributed by atoms with Gasteiger partial charge in [0.1, 0.15) is 0 Å². The third-order valence-corrected chi connectivity index (χ3v) is 4.11. The van der Waals surface area contributed by atoms with E-state index in [1.165, 1.54) is 33.3 Å². The first-order valence-corrected chi connectivity index (χ1v) is 7.11. The van der Waals surface area contributed by atoms with Gasteiger partial charge in [-0.05, 0) is 37.5 Å². The van der Waals surface area contributed by atoms with E-state index in [2.05, 4.69) is 35.9 Å². The van der Waals surface area contributed by atoms with Gasteiger partial charge >= 0.3 is 5.97 Å². The summed E-state index contributed by atoms with van der Waals surface area (Å²) in [4.78, 5) is 10.9. The van der Waals surface area contributed by atoms with E-state index in [-0.39, 0.29) is 6.42 Å². The van der Waals surface area contributed by atoms with Gasteiger partial charge in [-0.3, -0.25) is 4.79 Å². The number of aliphatic carboxylic acids is 1. The second kappa shape index (κ2) is 4.94. The molecule has 3 rings (SSSR count). The van der Waals surface area contributed by atoms with Crippen LogP contribution in [0.3, 0.4) is 0 Å². The Kier molecular flexibility index (Phi) is 3.26. The van der Waals surface area contributed by atoms with Crippen molar-refractivity contribution < 1.29 is 9.90 Å². The summed E-state index contributed by atoms with van der Waals surface area (Å²) < 4.78 is 2.37. The molecular formula is C16H20N2O2. The highest BCUT2D eigenvalue weighted by atomic mass is 16.4. The van der Waals surface area contributed by atoms with Crippen LogP contribution in [0.25, 0.3) is 10.9 Å². The van der Waals surface area contributed by atoms with Crippen LogP contribution in [-0.2, 0) is 24.3 Å². The maximum absolute atomic E-state index is 10.9. The summed E-state index contributed by atoms with van der Waals surface area (Å²) in [6.45, 7) is 7.02. The lowest BCUT2D eigenvalue weighted by Crippen LogP contribution is -2.28. The van der Waals surface area contributed by atoms with Crippen LogP contribution in [0.1, 0.15) is 28.8 Å². The quantitative estimate of drug-likeness (QED) is 0.902. The Morgan fingerprint density at radius 2 is 2.20 bits per heavy atom. The van der Waals surface area contributed by atoms with Crippen molar-refractivity contribution in [2.75, 3.05) is 6.54 Å². The summed E-state index contributed by atoms with van der Waals surface area (Å²) in [5, 5.41) is 13.6. The molecule has 2 aromatic rings. The van der Waals surface area contributed by atoms with Gasteiger partial charge in [-0.1, -0.05) is 11.6 Å². The summed E-state index contributed by atoms with van der Waals surface area (Å²) in [6.07, 6.45) is 0.803. The second-order valence-corrected chi connectivity index (χ2v) is 5.63. The minimum absolute atomic E-state index is 0.194. The minimum atomic E-state index is -0.730. The van der Waals surface area contributed by atoms with Crippen molar-refractivity contribution in [2.24, 2.45) is 0 Å².